The van der Waals surface area contributed by atoms with Gasteiger partial charge in [0.25, 0.3) is 0 Å². The number of morpholine rings is 1. The molecule has 3 saturated heterocycles. The van der Waals surface area contributed by atoms with Gasteiger partial charge in [-0.25, -0.2) is 4.79 Å². The van der Waals surface area contributed by atoms with Crippen molar-refractivity contribution in [2.24, 2.45) is 0 Å². The Morgan fingerprint density at radius 2 is 1.75 bits per heavy atom. The number of thiophene rings is 2. The molecule has 3 aliphatic heterocycles. The van der Waals surface area contributed by atoms with Crippen molar-refractivity contribution in [3.8, 4) is 0 Å². The number of hydrogen-bond donors (Lipinski definition) is 2. The molecule has 0 spiro atoms. The van der Waals surface area contributed by atoms with E-state index in [0.29, 0.717) is 9.75 Å². The number of ether oxygens (including phenoxy) is 2. The van der Waals surface area contributed by atoms with Crippen LogP contribution in [0.4, 0.5) is 0 Å². The van der Waals surface area contributed by atoms with Gasteiger partial charge in [0.15, 0.2) is 0 Å². The van der Waals surface area contributed by atoms with Crippen LogP contribution in [-0.4, -0.2) is 41.5 Å². The molecule has 7 heteroatoms. The van der Waals surface area contributed by atoms with Crippen molar-refractivity contribution >= 4 is 28.6 Å². The molecule has 0 amide bonds. The van der Waals surface area contributed by atoms with Crippen LogP contribution in [0, 0.1) is 0 Å². The summed E-state index contributed by atoms with van der Waals surface area (Å²) in [7, 11) is 0. The number of fused-ring (bicyclic) bond motifs is 5. The highest BCUT2D eigenvalue weighted by Gasteiger charge is 2.60. The fraction of sp³-hybridized carbons (Fsp3) is 0.471. The van der Waals surface area contributed by atoms with Crippen molar-refractivity contribution in [1.82, 2.24) is 5.32 Å². The van der Waals surface area contributed by atoms with Gasteiger partial charge >= 0.3 is 5.97 Å². The average Bonchev–Trinajstić information content (AvgIpc) is 2.99. The Morgan fingerprint density at radius 1 is 1.17 bits per heavy atom. The maximum absolute atomic E-state index is 12.9. The van der Waals surface area contributed by atoms with Gasteiger partial charge in [-0.1, -0.05) is 12.1 Å². The van der Waals surface area contributed by atoms with Gasteiger partial charge in [-0.05, 0) is 22.9 Å². The van der Waals surface area contributed by atoms with E-state index in [2.05, 4.69) is 5.32 Å². The summed E-state index contributed by atoms with van der Waals surface area (Å²) in [5.74, 6) is -0.576. The summed E-state index contributed by atoms with van der Waals surface area (Å²) < 4.78 is 11.4. The quantitative estimate of drug-likeness (QED) is 0.641. The number of nitrogens with one attached hydrogen (secondary N) is 1. The first-order valence-electron chi connectivity index (χ1n) is 8.09. The summed E-state index contributed by atoms with van der Waals surface area (Å²) in [5, 5.41) is 18.5. The van der Waals surface area contributed by atoms with Crippen molar-refractivity contribution in [3.63, 3.8) is 0 Å². The lowest BCUT2D eigenvalue weighted by Gasteiger charge is -2.33. The van der Waals surface area contributed by atoms with Crippen LogP contribution in [0.2, 0.25) is 0 Å². The Bertz CT molecular complexity index is 694. The first-order chi connectivity index (χ1) is 11.7. The van der Waals surface area contributed by atoms with E-state index in [1.165, 1.54) is 22.7 Å². The Hall–Kier alpha value is -1.25. The molecule has 0 radical (unpaired) electrons. The van der Waals surface area contributed by atoms with Crippen molar-refractivity contribution in [2.75, 3.05) is 0 Å². The monoisotopic (exact) mass is 363 g/mol. The van der Waals surface area contributed by atoms with Crippen LogP contribution in [0.5, 0.6) is 0 Å². The van der Waals surface area contributed by atoms with Crippen LogP contribution in [0.15, 0.2) is 35.0 Å². The molecule has 0 aliphatic carbocycles. The molecule has 24 heavy (non-hydrogen) atoms. The van der Waals surface area contributed by atoms with E-state index in [1.807, 2.05) is 22.9 Å². The second-order valence-corrected chi connectivity index (χ2v) is 8.50. The third kappa shape index (κ3) is 2.19. The SMILES string of the molecule is O=C(O[C@H]1C[C@@H]2N[C@H](C1)[C@H]1O[C@H]12)C(O)(c1cccs1)c1cccs1. The number of aliphatic hydroxyl groups is 1. The van der Waals surface area contributed by atoms with Crippen molar-refractivity contribution < 1.29 is 19.4 Å². The predicted molar refractivity (Wildman–Crippen MR) is 90.1 cm³/mol. The molecule has 0 saturated carbocycles. The van der Waals surface area contributed by atoms with Gasteiger partial charge < -0.3 is 19.9 Å². The van der Waals surface area contributed by atoms with E-state index in [9.17, 15) is 9.90 Å². The summed E-state index contributed by atoms with van der Waals surface area (Å²) in [6, 6.07) is 7.76. The molecule has 3 fully saturated rings. The maximum Gasteiger partial charge on any atom is 0.349 e. The largest absolute Gasteiger partial charge is 0.460 e. The third-order valence-electron chi connectivity index (χ3n) is 5.14. The molecule has 5 heterocycles. The smallest absolute Gasteiger partial charge is 0.349 e. The fourth-order valence-corrected chi connectivity index (χ4v) is 5.65. The number of rotatable bonds is 4. The van der Waals surface area contributed by atoms with E-state index in [-0.39, 0.29) is 30.4 Å². The molecule has 3 aliphatic rings. The number of esters is 1. The van der Waals surface area contributed by atoms with Crippen LogP contribution in [0.1, 0.15) is 22.6 Å². The second kappa shape index (κ2) is 5.37. The minimum atomic E-state index is -1.72. The van der Waals surface area contributed by atoms with Gasteiger partial charge in [0.2, 0.25) is 5.60 Å². The highest BCUT2D eigenvalue weighted by atomic mass is 32.1. The number of hydrogen-bond acceptors (Lipinski definition) is 7. The van der Waals surface area contributed by atoms with E-state index in [0.717, 1.165) is 12.8 Å². The zero-order chi connectivity index (χ0) is 16.3. The van der Waals surface area contributed by atoms with Gasteiger partial charge in [0.1, 0.15) is 18.3 Å². The van der Waals surface area contributed by atoms with Gasteiger partial charge in [0, 0.05) is 24.9 Å². The molecular formula is C17H17NO4S2. The standard InChI is InChI=1S/C17H17NO4S2/c19-16(21-9-7-10-14-15(22-14)11(8-9)18-10)17(20,12-3-1-5-23-12)13-4-2-6-24-13/h1-6,9-11,14-15,18,20H,7-8H2/t9-,10-,11+,14-,15+. The topological polar surface area (TPSA) is 71.1 Å². The minimum absolute atomic E-state index is 0.170. The molecular weight excluding hydrogens is 346 g/mol. The molecule has 2 N–H and O–H groups in total. The number of piperidine rings is 1. The molecule has 2 aromatic rings. The molecule has 0 aromatic carbocycles. The zero-order valence-corrected chi connectivity index (χ0v) is 14.4. The van der Waals surface area contributed by atoms with Crippen LogP contribution >= 0.6 is 22.7 Å². The van der Waals surface area contributed by atoms with Crippen LogP contribution < -0.4 is 5.32 Å². The highest BCUT2D eigenvalue weighted by molar-refractivity contribution is 7.12. The van der Waals surface area contributed by atoms with E-state index in [4.69, 9.17) is 9.47 Å². The van der Waals surface area contributed by atoms with Gasteiger partial charge in [-0.2, -0.15) is 0 Å². The lowest BCUT2D eigenvalue weighted by Crippen LogP contribution is -2.48. The first kappa shape index (κ1) is 15.0. The van der Waals surface area contributed by atoms with Crippen LogP contribution in [0.25, 0.3) is 0 Å². The molecule has 0 unspecified atom stereocenters. The van der Waals surface area contributed by atoms with E-state index in [1.54, 1.807) is 12.1 Å². The fourth-order valence-electron chi connectivity index (χ4n) is 3.94. The number of carbonyl (C=O) groups is 1. The Kier molecular flexibility index (Phi) is 3.37. The normalized spacial score (nSPS) is 34.0. The first-order valence-corrected chi connectivity index (χ1v) is 9.85. The van der Waals surface area contributed by atoms with Gasteiger partial charge in [-0.15, -0.1) is 22.7 Å². The minimum Gasteiger partial charge on any atom is -0.460 e. The maximum atomic E-state index is 12.9. The van der Waals surface area contributed by atoms with Crippen LogP contribution in [0.3, 0.4) is 0 Å². The summed E-state index contributed by atoms with van der Waals surface area (Å²) >= 11 is 2.73. The molecule has 5 rings (SSSR count). The zero-order valence-electron chi connectivity index (χ0n) is 12.8. The highest BCUT2D eigenvalue weighted by Crippen LogP contribution is 2.44. The summed E-state index contributed by atoms with van der Waals surface area (Å²) in [6.45, 7) is 0. The van der Waals surface area contributed by atoms with E-state index < -0.39 is 11.6 Å². The van der Waals surface area contributed by atoms with E-state index >= 15 is 0 Å². The molecule has 2 aromatic heterocycles. The molecule has 126 valence electrons. The van der Waals surface area contributed by atoms with Gasteiger partial charge in [0.05, 0.1) is 9.75 Å². The van der Waals surface area contributed by atoms with Gasteiger partial charge in [-0.3, -0.25) is 0 Å². The number of carbonyl (C=O) groups excluding carboxylic acids is 1. The Morgan fingerprint density at radius 3 is 2.25 bits per heavy atom. The predicted octanol–water partition coefficient (Wildman–Crippen LogP) is 1.86. The lowest BCUT2D eigenvalue weighted by atomic mass is 9.98. The Balaban J connectivity index is 1.39. The Labute approximate surface area is 147 Å². The number of epoxide rings is 1. The molecule has 5 atom stereocenters. The summed E-state index contributed by atoms with van der Waals surface area (Å²) in [4.78, 5) is 14.1. The van der Waals surface area contributed by atoms with Crippen LogP contribution in [-0.2, 0) is 19.9 Å². The second-order valence-electron chi connectivity index (χ2n) is 6.61. The summed E-state index contributed by atoms with van der Waals surface area (Å²) in [6.07, 6.45) is 1.89. The van der Waals surface area contributed by atoms with Crippen molar-refractivity contribution in [1.29, 1.82) is 0 Å². The third-order valence-corrected chi connectivity index (χ3v) is 7.10. The summed E-state index contributed by atoms with van der Waals surface area (Å²) in [5.41, 5.74) is -1.72. The van der Waals surface area contributed by atoms with Crippen molar-refractivity contribution in [2.45, 2.75) is 48.8 Å². The molecule has 2 bridgehead atoms. The average molecular weight is 363 g/mol. The van der Waals surface area contributed by atoms with Crippen molar-refractivity contribution in [3.05, 3.63) is 44.8 Å². The molecule has 5 nitrogen and oxygen atoms in total. The lowest BCUT2D eigenvalue weighted by molar-refractivity contribution is -0.169.